The molecule has 7 heteroatoms. The number of amides is 1. The maximum Gasteiger partial charge on any atom is 0.283 e. The number of para-hydroxylation sites is 1. The summed E-state index contributed by atoms with van der Waals surface area (Å²) < 4.78 is 1.60. The fourth-order valence-electron chi connectivity index (χ4n) is 4.04. The summed E-state index contributed by atoms with van der Waals surface area (Å²) >= 11 is 1.34. The normalized spacial score (nSPS) is 17.0. The molecule has 0 spiro atoms. The van der Waals surface area contributed by atoms with Gasteiger partial charge in [0.2, 0.25) is 5.91 Å². The van der Waals surface area contributed by atoms with E-state index >= 15 is 0 Å². The van der Waals surface area contributed by atoms with Crippen molar-refractivity contribution in [2.75, 3.05) is 12.3 Å². The summed E-state index contributed by atoms with van der Waals surface area (Å²) in [5.74, 6) is 0.408. The van der Waals surface area contributed by atoms with Crippen molar-refractivity contribution in [3.05, 3.63) is 52.4 Å². The van der Waals surface area contributed by atoms with Crippen molar-refractivity contribution >= 4 is 28.7 Å². The van der Waals surface area contributed by atoms with Crippen LogP contribution in [0, 0.1) is 6.92 Å². The van der Waals surface area contributed by atoms with E-state index in [9.17, 15) is 9.59 Å². The van der Waals surface area contributed by atoms with Crippen molar-refractivity contribution in [1.82, 2.24) is 19.4 Å². The van der Waals surface area contributed by atoms with E-state index in [1.165, 1.54) is 18.2 Å². The summed E-state index contributed by atoms with van der Waals surface area (Å²) in [7, 11) is 0. The van der Waals surface area contributed by atoms with Crippen LogP contribution >= 0.6 is 11.8 Å². The Balaban J connectivity index is 1.67. The minimum atomic E-state index is -0.145. The minimum absolute atomic E-state index is 0.126. The summed E-state index contributed by atoms with van der Waals surface area (Å²) in [6.07, 6.45) is 4.31. The molecular formula is C22H26N4O2S. The number of fused-ring (bicyclic) bond motifs is 1. The number of aromatic amines is 1. The van der Waals surface area contributed by atoms with E-state index in [4.69, 9.17) is 4.98 Å². The molecule has 3 heterocycles. The number of H-pyrrole nitrogens is 1. The zero-order valence-electron chi connectivity index (χ0n) is 16.9. The molecular weight excluding hydrogens is 384 g/mol. The number of thioether (sulfide) groups is 1. The summed E-state index contributed by atoms with van der Waals surface area (Å²) in [6.45, 7) is 4.87. The third-order valence-electron chi connectivity index (χ3n) is 5.51. The van der Waals surface area contributed by atoms with Crippen molar-refractivity contribution in [1.29, 1.82) is 0 Å². The second kappa shape index (κ2) is 8.45. The number of piperidine rings is 1. The first-order chi connectivity index (χ1) is 14.1. The first kappa shape index (κ1) is 19.8. The van der Waals surface area contributed by atoms with Crippen LogP contribution < -0.4 is 5.56 Å². The summed E-state index contributed by atoms with van der Waals surface area (Å²) in [4.78, 5) is 36.0. The molecule has 3 aromatic rings. The van der Waals surface area contributed by atoms with Crippen LogP contribution in [0.25, 0.3) is 16.7 Å². The van der Waals surface area contributed by atoms with Gasteiger partial charge in [-0.1, -0.05) is 36.9 Å². The topological polar surface area (TPSA) is 71.0 Å². The molecule has 1 aliphatic rings. The molecule has 6 nitrogen and oxygen atoms in total. The Kier molecular flexibility index (Phi) is 5.76. The van der Waals surface area contributed by atoms with Gasteiger partial charge in [0.15, 0.2) is 5.16 Å². The van der Waals surface area contributed by atoms with Gasteiger partial charge in [0.25, 0.3) is 5.56 Å². The van der Waals surface area contributed by atoms with E-state index in [-0.39, 0.29) is 17.2 Å². The number of aromatic nitrogens is 3. The van der Waals surface area contributed by atoms with Crippen molar-refractivity contribution in [3.63, 3.8) is 0 Å². The number of carbonyl (C=O) groups is 1. The molecule has 1 aliphatic heterocycles. The monoisotopic (exact) mass is 410 g/mol. The van der Waals surface area contributed by atoms with Gasteiger partial charge < -0.3 is 9.88 Å². The first-order valence-electron chi connectivity index (χ1n) is 10.2. The molecule has 2 aromatic heterocycles. The van der Waals surface area contributed by atoms with Gasteiger partial charge in [-0.2, -0.15) is 0 Å². The van der Waals surface area contributed by atoms with E-state index in [2.05, 4.69) is 11.9 Å². The largest absolute Gasteiger partial charge is 0.353 e. The van der Waals surface area contributed by atoms with Gasteiger partial charge in [0.05, 0.1) is 17.0 Å². The van der Waals surface area contributed by atoms with Gasteiger partial charge in [-0.15, -0.1) is 0 Å². The molecule has 1 atom stereocenters. The average molecular weight is 411 g/mol. The lowest BCUT2D eigenvalue weighted by Crippen LogP contribution is -2.44. The van der Waals surface area contributed by atoms with Gasteiger partial charge in [0.1, 0.15) is 5.52 Å². The molecule has 29 heavy (non-hydrogen) atoms. The Labute approximate surface area is 174 Å². The quantitative estimate of drug-likeness (QED) is 0.511. The Bertz CT molecular complexity index is 1070. The SMILES string of the molecule is CCC1CCCCN1C(=O)CSc1nc2cc(C)[nH]c2c(=O)n1-c1ccccc1. The number of nitrogens with zero attached hydrogens (tertiary/aromatic N) is 3. The third-order valence-corrected chi connectivity index (χ3v) is 6.44. The van der Waals surface area contributed by atoms with Crippen LogP contribution in [0.2, 0.25) is 0 Å². The molecule has 0 bridgehead atoms. The standard InChI is InChI=1S/C22H26N4O2S/c1-3-16-9-7-8-12-25(16)19(27)14-29-22-24-18-13-15(2)23-20(18)21(28)26(22)17-10-5-4-6-11-17/h4-6,10-11,13,16,23H,3,7-9,12,14H2,1-2H3. The number of rotatable bonds is 5. The van der Waals surface area contributed by atoms with E-state index in [0.717, 1.165) is 37.2 Å². The summed E-state index contributed by atoms with van der Waals surface area (Å²) in [5, 5.41) is 0.547. The van der Waals surface area contributed by atoms with Crippen molar-refractivity contribution in [3.8, 4) is 5.69 Å². The van der Waals surface area contributed by atoms with Gasteiger partial charge in [0, 0.05) is 18.3 Å². The first-order valence-corrected chi connectivity index (χ1v) is 11.2. The number of hydrogen-bond donors (Lipinski definition) is 1. The second-order valence-electron chi connectivity index (χ2n) is 7.52. The van der Waals surface area contributed by atoms with Gasteiger partial charge >= 0.3 is 0 Å². The van der Waals surface area contributed by atoms with Crippen LogP contribution in [0.1, 0.15) is 38.3 Å². The highest BCUT2D eigenvalue weighted by molar-refractivity contribution is 7.99. The highest BCUT2D eigenvalue weighted by atomic mass is 32.2. The minimum Gasteiger partial charge on any atom is -0.353 e. The van der Waals surface area contributed by atoms with Crippen molar-refractivity contribution < 1.29 is 4.79 Å². The predicted octanol–water partition coefficient (Wildman–Crippen LogP) is 3.91. The van der Waals surface area contributed by atoms with Crippen molar-refractivity contribution in [2.45, 2.75) is 50.7 Å². The molecule has 1 amide bonds. The Morgan fingerprint density at radius 2 is 2.07 bits per heavy atom. The molecule has 4 rings (SSSR count). The third kappa shape index (κ3) is 3.96. The lowest BCUT2D eigenvalue weighted by Gasteiger charge is -2.35. The Hall–Kier alpha value is -2.54. The van der Waals surface area contributed by atoms with Crippen molar-refractivity contribution in [2.24, 2.45) is 0 Å². The number of nitrogens with one attached hydrogen (secondary N) is 1. The van der Waals surface area contributed by atoms with Crippen LogP contribution in [0.15, 0.2) is 46.3 Å². The second-order valence-corrected chi connectivity index (χ2v) is 8.46. The van der Waals surface area contributed by atoms with Crippen LogP contribution in [-0.4, -0.2) is 43.7 Å². The van der Waals surface area contributed by atoms with Crippen LogP contribution in [0.3, 0.4) is 0 Å². The van der Waals surface area contributed by atoms with E-state index in [1.807, 2.05) is 48.2 Å². The zero-order valence-corrected chi connectivity index (χ0v) is 17.7. The maximum atomic E-state index is 13.2. The maximum absolute atomic E-state index is 13.2. The van der Waals surface area contributed by atoms with E-state index < -0.39 is 0 Å². The highest BCUT2D eigenvalue weighted by Crippen LogP contribution is 2.24. The molecule has 1 fully saturated rings. The Morgan fingerprint density at radius 3 is 2.83 bits per heavy atom. The smallest absolute Gasteiger partial charge is 0.283 e. The van der Waals surface area contributed by atoms with Gasteiger partial charge in [-0.05, 0) is 50.8 Å². The average Bonchev–Trinajstić information content (AvgIpc) is 3.13. The molecule has 1 aromatic carbocycles. The molecule has 1 N–H and O–H groups in total. The molecule has 152 valence electrons. The zero-order chi connectivity index (χ0) is 20.4. The number of likely N-dealkylation sites (tertiary alicyclic amines) is 1. The van der Waals surface area contributed by atoms with Gasteiger partial charge in [-0.3, -0.25) is 14.2 Å². The molecule has 1 unspecified atom stereocenters. The summed E-state index contributed by atoms with van der Waals surface area (Å²) in [6, 6.07) is 11.7. The molecule has 0 radical (unpaired) electrons. The molecule has 0 saturated carbocycles. The van der Waals surface area contributed by atoms with Crippen LogP contribution in [0.5, 0.6) is 0 Å². The molecule has 0 aliphatic carbocycles. The van der Waals surface area contributed by atoms with Gasteiger partial charge in [-0.25, -0.2) is 4.98 Å². The summed E-state index contributed by atoms with van der Waals surface area (Å²) in [5.41, 5.74) is 2.62. The van der Waals surface area contributed by atoms with Crippen LogP contribution in [0.4, 0.5) is 0 Å². The number of hydrogen-bond acceptors (Lipinski definition) is 4. The predicted molar refractivity (Wildman–Crippen MR) is 117 cm³/mol. The van der Waals surface area contributed by atoms with E-state index in [0.29, 0.717) is 22.2 Å². The Morgan fingerprint density at radius 1 is 1.28 bits per heavy atom. The lowest BCUT2D eigenvalue weighted by atomic mass is 10.0. The lowest BCUT2D eigenvalue weighted by molar-refractivity contribution is -0.132. The fourth-order valence-corrected chi connectivity index (χ4v) is 4.94. The molecule has 1 saturated heterocycles. The number of aryl methyl sites for hydroxylation is 1. The highest BCUT2D eigenvalue weighted by Gasteiger charge is 2.26. The van der Waals surface area contributed by atoms with Crippen LogP contribution in [-0.2, 0) is 4.79 Å². The number of carbonyl (C=O) groups excluding carboxylic acids is 1. The number of benzene rings is 1. The fraction of sp³-hybridized carbons (Fsp3) is 0.409. The van der Waals surface area contributed by atoms with E-state index in [1.54, 1.807) is 4.57 Å².